The molecule has 122 valence electrons. The van der Waals surface area contributed by atoms with E-state index in [1.165, 1.54) is 5.39 Å². The summed E-state index contributed by atoms with van der Waals surface area (Å²) in [5.74, 6) is -0.140. The van der Waals surface area contributed by atoms with Gasteiger partial charge in [0, 0.05) is 24.9 Å². The fourth-order valence-corrected chi connectivity index (χ4v) is 2.67. The summed E-state index contributed by atoms with van der Waals surface area (Å²) in [7, 11) is 0. The topological polar surface area (TPSA) is 59.1 Å². The molecule has 2 unspecified atom stereocenters. The number of aromatic nitrogens is 1. The molecule has 0 amide bonds. The van der Waals surface area contributed by atoms with Crippen LogP contribution in [0, 0.1) is 0 Å². The molecule has 2 aromatic carbocycles. The Bertz CT molecular complexity index is 737. The highest BCUT2D eigenvalue weighted by Crippen LogP contribution is 2.31. The van der Waals surface area contributed by atoms with Crippen LogP contribution in [0.1, 0.15) is 23.1 Å². The molecule has 23 heavy (non-hydrogen) atoms. The molecule has 0 aliphatic rings. The first kappa shape index (κ1) is 19.4. The molecule has 0 aliphatic carbocycles. The number of benzene rings is 2. The SMILES string of the molecule is Cl.Cl.NCC(c1ccc2ccccc2c1)C(O)c1cccnc1. The van der Waals surface area contributed by atoms with Crippen LogP contribution < -0.4 is 5.73 Å². The molecule has 5 heteroatoms. The molecule has 0 fully saturated rings. The van der Waals surface area contributed by atoms with E-state index in [0.29, 0.717) is 6.54 Å². The van der Waals surface area contributed by atoms with Crippen molar-refractivity contribution in [1.29, 1.82) is 0 Å². The van der Waals surface area contributed by atoms with Crippen LogP contribution in [0.4, 0.5) is 0 Å². The molecule has 0 bridgehead atoms. The molecule has 0 aliphatic heterocycles. The number of nitrogens with two attached hydrogens (primary N) is 1. The molecule has 0 spiro atoms. The summed E-state index contributed by atoms with van der Waals surface area (Å²) in [4.78, 5) is 4.07. The molecule has 0 radical (unpaired) electrons. The molecule has 3 rings (SSSR count). The van der Waals surface area contributed by atoms with E-state index in [-0.39, 0.29) is 30.7 Å². The van der Waals surface area contributed by atoms with Crippen LogP contribution in [0.2, 0.25) is 0 Å². The Morgan fingerprint density at radius 1 is 0.913 bits per heavy atom. The van der Waals surface area contributed by atoms with Gasteiger partial charge in [-0.05, 0) is 28.0 Å². The molecular formula is C18H20Cl2N2O. The normalized spacial score (nSPS) is 12.8. The quantitative estimate of drug-likeness (QED) is 0.751. The van der Waals surface area contributed by atoms with Crippen molar-refractivity contribution in [2.75, 3.05) is 6.54 Å². The van der Waals surface area contributed by atoms with Crippen molar-refractivity contribution in [2.24, 2.45) is 5.73 Å². The van der Waals surface area contributed by atoms with Crippen LogP contribution in [0.5, 0.6) is 0 Å². The second-order valence-electron chi connectivity index (χ2n) is 5.18. The van der Waals surface area contributed by atoms with E-state index in [1.54, 1.807) is 12.4 Å². The lowest BCUT2D eigenvalue weighted by Gasteiger charge is -2.22. The van der Waals surface area contributed by atoms with Gasteiger partial charge >= 0.3 is 0 Å². The Hall–Kier alpha value is -1.65. The molecule has 0 saturated heterocycles. The largest absolute Gasteiger partial charge is 0.388 e. The van der Waals surface area contributed by atoms with Gasteiger partial charge in [-0.15, -0.1) is 24.8 Å². The number of aliphatic hydroxyl groups excluding tert-OH is 1. The summed E-state index contributed by atoms with van der Waals surface area (Å²) in [6.45, 7) is 0.383. The van der Waals surface area contributed by atoms with Crippen LogP contribution >= 0.6 is 24.8 Å². The molecule has 3 aromatic rings. The Labute approximate surface area is 148 Å². The third kappa shape index (κ3) is 4.21. The predicted octanol–water partition coefficient (Wildman–Crippen LogP) is 3.85. The fourth-order valence-electron chi connectivity index (χ4n) is 2.67. The highest BCUT2D eigenvalue weighted by atomic mass is 35.5. The number of fused-ring (bicyclic) bond motifs is 1. The van der Waals surface area contributed by atoms with Gasteiger partial charge in [0.05, 0.1) is 6.10 Å². The molecule has 2 atom stereocenters. The molecular weight excluding hydrogens is 331 g/mol. The molecule has 1 aromatic heterocycles. The fraction of sp³-hybridized carbons (Fsp3) is 0.167. The van der Waals surface area contributed by atoms with Crippen molar-refractivity contribution in [3.8, 4) is 0 Å². The Morgan fingerprint density at radius 2 is 1.65 bits per heavy atom. The molecule has 3 N–H and O–H groups in total. The van der Waals surface area contributed by atoms with Crippen molar-refractivity contribution in [3.05, 3.63) is 78.1 Å². The Kier molecular flexibility index (Phi) is 7.46. The zero-order chi connectivity index (χ0) is 14.7. The maximum Gasteiger partial charge on any atom is 0.0885 e. The summed E-state index contributed by atoms with van der Waals surface area (Å²) in [5.41, 5.74) is 7.75. The smallest absolute Gasteiger partial charge is 0.0885 e. The zero-order valence-corrected chi connectivity index (χ0v) is 14.1. The maximum atomic E-state index is 10.6. The predicted molar refractivity (Wildman–Crippen MR) is 99.4 cm³/mol. The number of aliphatic hydroxyl groups is 1. The van der Waals surface area contributed by atoms with Crippen molar-refractivity contribution < 1.29 is 5.11 Å². The second kappa shape index (κ2) is 8.85. The maximum absolute atomic E-state index is 10.6. The van der Waals surface area contributed by atoms with Gasteiger partial charge in [-0.1, -0.05) is 48.5 Å². The van der Waals surface area contributed by atoms with Gasteiger partial charge in [0.1, 0.15) is 0 Å². The number of pyridine rings is 1. The van der Waals surface area contributed by atoms with E-state index in [4.69, 9.17) is 5.73 Å². The van der Waals surface area contributed by atoms with Gasteiger partial charge in [0.2, 0.25) is 0 Å². The Balaban J connectivity index is 0.00000132. The van der Waals surface area contributed by atoms with Crippen LogP contribution in [0.3, 0.4) is 0 Å². The Morgan fingerprint density at radius 3 is 2.30 bits per heavy atom. The third-order valence-corrected chi connectivity index (χ3v) is 3.86. The van der Waals surface area contributed by atoms with E-state index in [9.17, 15) is 5.11 Å². The number of nitrogens with zero attached hydrogens (tertiary/aromatic N) is 1. The lowest BCUT2D eigenvalue weighted by molar-refractivity contribution is 0.147. The van der Waals surface area contributed by atoms with E-state index in [1.807, 2.05) is 30.3 Å². The summed E-state index contributed by atoms with van der Waals surface area (Å²) in [6.07, 6.45) is 2.74. The summed E-state index contributed by atoms with van der Waals surface area (Å²) in [5, 5.41) is 12.9. The van der Waals surface area contributed by atoms with Gasteiger partial charge in [0.25, 0.3) is 0 Å². The van der Waals surface area contributed by atoms with Crippen LogP contribution in [-0.2, 0) is 0 Å². The first-order valence-electron chi connectivity index (χ1n) is 7.06. The van der Waals surface area contributed by atoms with Crippen molar-refractivity contribution in [2.45, 2.75) is 12.0 Å². The standard InChI is InChI=1S/C18H18N2O.2ClH/c19-11-17(18(21)16-6-3-9-20-12-16)15-8-7-13-4-1-2-5-14(13)10-15;;/h1-10,12,17-18,21H,11,19H2;2*1H. The highest BCUT2D eigenvalue weighted by molar-refractivity contribution is 5.85. The van der Waals surface area contributed by atoms with E-state index >= 15 is 0 Å². The highest BCUT2D eigenvalue weighted by Gasteiger charge is 2.21. The summed E-state index contributed by atoms with van der Waals surface area (Å²) in [6, 6.07) is 18.1. The van der Waals surface area contributed by atoms with Gasteiger partial charge in [-0.25, -0.2) is 0 Å². The van der Waals surface area contributed by atoms with Crippen molar-refractivity contribution >= 4 is 35.6 Å². The first-order chi connectivity index (χ1) is 10.3. The lowest BCUT2D eigenvalue weighted by Crippen LogP contribution is -2.20. The van der Waals surface area contributed by atoms with Crippen molar-refractivity contribution in [3.63, 3.8) is 0 Å². The summed E-state index contributed by atoms with van der Waals surface area (Å²) < 4.78 is 0. The molecule has 3 nitrogen and oxygen atoms in total. The second-order valence-corrected chi connectivity index (χ2v) is 5.18. The minimum atomic E-state index is -0.648. The minimum Gasteiger partial charge on any atom is -0.388 e. The van der Waals surface area contributed by atoms with Crippen LogP contribution in [0.25, 0.3) is 10.8 Å². The van der Waals surface area contributed by atoms with E-state index in [2.05, 4.69) is 29.2 Å². The number of hydrogen-bond donors (Lipinski definition) is 2. The van der Waals surface area contributed by atoms with Gasteiger partial charge < -0.3 is 10.8 Å². The zero-order valence-electron chi connectivity index (χ0n) is 12.5. The van der Waals surface area contributed by atoms with Gasteiger partial charge in [0.15, 0.2) is 0 Å². The van der Waals surface area contributed by atoms with Gasteiger partial charge in [-0.3, -0.25) is 4.98 Å². The molecule has 0 saturated carbocycles. The summed E-state index contributed by atoms with van der Waals surface area (Å²) >= 11 is 0. The van der Waals surface area contributed by atoms with E-state index in [0.717, 1.165) is 16.5 Å². The van der Waals surface area contributed by atoms with Gasteiger partial charge in [-0.2, -0.15) is 0 Å². The monoisotopic (exact) mass is 350 g/mol. The van der Waals surface area contributed by atoms with E-state index < -0.39 is 6.10 Å². The lowest BCUT2D eigenvalue weighted by atomic mass is 9.88. The minimum absolute atomic E-state index is 0. The molecule has 1 heterocycles. The number of halogens is 2. The van der Waals surface area contributed by atoms with Crippen LogP contribution in [-0.4, -0.2) is 16.6 Å². The third-order valence-electron chi connectivity index (χ3n) is 3.86. The average Bonchev–Trinajstić information content (AvgIpc) is 2.56. The first-order valence-corrected chi connectivity index (χ1v) is 7.06. The number of hydrogen-bond acceptors (Lipinski definition) is 3. The van der Waals surface area contributed by atoms with Crippen molar-refractivity contribution in [1.82, 2.24) is 4.98 Å². The number of rotatable bonds is 4. The van der Waals surface area contributed by atoms with Crippen LogP contribution in [0.15, 0.2) is 67.0 Å². The average molecular weight is 351 g/mol.